The predicted molar refractivity (Wildman–Crippen MR) is 78.1 cm³/mol. The fourth-order valence-corrected chi connectivity index (χ4v) is 1.81. The maximum Gasteiger partial charge on any atom is 0.267 e. The lowest BCUT2D eigenvalue weighted by molar-refractivity contribution is 0.148. The van der Waals surface area contributed by atoms with Gasteiger partial charge in [0.15, 0.2) is 11.5 Å². The van der Waals surface area contributed by atoms with Crippen LogP contribution in [0.2, 0.25) is 0 Å². The van der Waals surface area contributed by atoms with Crippen molar-refractivity contribution >= 4 is 5.69 Å². The van der Waals surface area contributed by atoms with Crippen molar-refractivity contribution in [1.82, 2.24) is 0 Å². The third-order valence-electron chi connectivity index (χ3n) is 2.80. The van der Waals surface area contributed by atoms with Crippen LogP contribution in [0.1, 0.15) is 25.3 Å². The summed E-state index contributed by atoms with van der Waals surface area (Å²) in [6, 6.07) is 11.2. The van der Waals surface area contributed by atoms with Gasteiger partial charge in [-0.05, 0) is 36.8 Å². The fraction of sp³-hybridized carbons (Fsp3) is 0.250. The fourth-order valence-electron chi connectivity index (χ4n) is 1.81. The molecule has 0 radical (unpaired) electrons. The van der Waals surface area contributed by atoms with E-state index < -0.39 is 6.43 Å². The van der Waals surface area contributed by atoms with Crippen LogP contribution >= 0.6 is 0 Å². The molecule has 0 aliphatic rings. The molecule has 0 bridgehead atoms. The molecule has 2 aromatic carbocycles. The molecule has 5 heteroatoms. The van der Waals surface area contributed by atoms with Gasteiger partial charge in [-0.15, -0.1) is 0 Å². The van der Waals surface area contributed by atoms with Gasteiger partial charge in [-0.1, -0.05) is 19.1 Å². The SMILES string of the molecule is CCCOc1ccccc1Oc1ccc(N)cc1C(F)F. The zero-order valence-corrected chi connectivity index (χ0v) is 11.7. The average molecular weight is 293 g/mol. The molecule has 0 saturated heterocycles. The Morgan fingerprint density at radius 3 is 2.43 bits per heavy atom. The molecular weight excluding hydrogens is 276 g/mol. The Bertz CT molecular complexity index is 603. The number of ether oxygens (including phenoxy) is 2. The van der Waals surface area contributed by atoms with Crippen LogP contribution in [0.25, 0.3) is 0 Å². The molecule has 0 amide bonds. The second-order valence-corrected chi connectivity index (χ2v) is 4.50. The number of rotatable bonds is 6. The van der Waals surface area contributed by atoms with Crippen molar-refractivity contribution in [3.05, 3.63) is 48.0 Å². The first-order valence-corrected chi connectivity index (χ1v) is 6.69. The lowest BCUT2D eigenvalue weighted by Crippen LogP contribution is -1.99. The van der Waals surface area contributed by atoms with E-state index in [9.17, 15) is 8.78 Å². The molecule has 0 atom stereocenters. The summed E-state index contributed by atoms with van der Waals surface area (Å²) in [5.41, 5.74) is 5.58. The zero-order valence-electron chi connectivity index (χ0n) is 11.7. The van der Waals surface area contributed by atoms with Crippen molar-refractivity contribution in [2.45, 2.75) is 19.8 Å². The maximum absolute atomic E-state index is 13.0. The van der Waals surface area contributed by atoms with Crippen LogP contribution in [0.4, 0.5) is 14.5 Å². The van der Waals surface area contributed by atoms with E-state index in [0.717, 1.165) is 6.42 Å². The van der Waals surface area contributed by atoms with E-state index in [-0.39, 0.29) is 17.0 Å². The Balaban J connectivity index is 2.30. The summed E-state index contributed by atoms with van der Waals surface area (Å²) >= 11 is 0. The minimum Gasteiger partial charge on any atom is -0.490 e. The van der Waals surface area contributed by atoms with Crippen molar-refractivity contribution in [3.63, 3.8) is 0 Å². The van der Waals surface area contributed by atoms with Crippen molar-refractivity contribution in [2.24, 2.45) is 0 Å². The quantitative estimate of drug-likeness (QED) is 0.779. The number of benzene rings is 2. The molecule has 21 heavy (non-hydrogen) atoms. The van der Waals surface area contributed by atoms with E-state index >= 15 is 0 Å². The van der Waals surface area contributed by atoms with Gasteiger partial charge < -0.3 is 15.2 Å². The summed E-state index contributed by atoms with van der Waals surface area (Å²) in [7, 11) is 0. The number of halogens is 2. The summed E-state index contributed by atoms with van der Waals surface area (Å²) in [6.07, 6.45) is -1.81. The first-order chi connectivity index (χ1) is 10.1. The number of nitrogen functional groups attached to an aromatic ring is 1. The van der Waals surface area contributed by atoms with Gasteiger partial charge >= 0.3 is 0 Å². The van der Waals surface area contributed by atoms with Gasteiger partial charge in [-0.2, -0.15) is 0 Å². The number of hydrogen-bond acceptors (Lipinski definition) is 3. The molecular formula is C16H17F2NO2. The molecule has 0 aliphatic heterocycles. The van der Waals surface area contributed by atoms with Gasteiger partial charge in [-0.3, -0.25) is 0 Å². The normalized spacial score (nSPS) is 10.7. The molecule has 0 fully saturated rings. The molecule has 0 aromatic heterocycles. The van der Waals surface area contributed by atoms with Crippen molar-refractivity contribution in [1.29, 1.82) is 0 Å². The molecule has 0 aliphatic carbocycles. The van der Waals surface area contributed by atoms with Crippen LogP contribution in [-0.4, -0.2) is 6.61 Å². The third-order valence-corrected chi connectivity index (χ3v) is 2.80. The van der Waals surface area contributed by atoms with Gasteiger partial charge in [0.25, 0.3) is 6.43 Å². The highest BCUT2D eigenvalue weighted by molar-refractivity contribution is 5.51. The Morgan fingerprint density at radius 2 is 1.76 bits per heavy atom. The second-order valence-electron chi connectivity index (χ2n) is 4.50. The summed E-state index contributed by atoms with van der Waals surface area (Å²) < 4.78 is 37.2. The van der Waals surface area contributed by atoms with Crippen LogP contribution < -0.4 is 15.2 Å². The first kappa shape index (κ1) is 15.1. The number of hydrogen-bond donors (Lipinski definition) is 1. The molecule has 0 saturated carbocycles. The largest absolute Gasteiger partial charge is 0.490 e. The van der Waals surface area contributed by atoms with Crippen LogP contribution in [0.15, 0.2) is 42.5 Å². The van der Waals surface area contributed by atoms with Gasteiger partial charge in [0.2, 0.25) is 0 Å². The third kappa shape index (κ3) is 3.84. The van der Waals surface area contributed by atoms with E-state index in [1.165, 1.54) is 18.2 Å². The average Bonchev–Trinajstić information content (AvgIpc) is 2.48. The summed E-state index contributed by atoms with van der Waals surface area (Å²) in [5.74, 6) is 1.00. The van der Waals surface area contributed by atoms with Gasteiger partial charge in [-0.25, -0.2) is 8.78 Å². The molecule has 2 N–H and O–H groups in total. The number of anilines is 1. The Morgan fingerprint density at radius 1 is 1.05 bits per heavy atom. The van der Waals surface area contributed by atoms with Crippen molar-refractivity contribution < 1.29 is 18.3 Å². The molecule has 0 spiro atoms. The smallest absolute Gasteiger partial charge is 0.267 e. The molecule has 2 rings (SSSR count). The van der Waals surface area contributed by atoms with Gasteiger partial charge in [0, 0.05) is 5.69 Å². The second kappa shape index (κ2) is 6.92. The van der Waals surface area contributed by atoms with Gasteiger partial charge in [0.1, 0.15) is 5.75 Å². The number of alkyl halides is 2. The maximum atomic E-state index is 13.0. The highest BCUT2D eigenvalue weighted by Crippen LogP contribution is 2.37. The predicted octanol–water partition coefficient (Wildman–Crippen LogP) is 4.79. The van der Waals surface area contributed by atoms with Gasteiger partial charge in [0.05, 0.1) is 12.2 Å². The highest BCUT2D eigenvalue weighted by Gasteiger charge is 2.16. The van der Waals surface area contributed by atoms with E-state index in [2.05, 4.69) is 0 Å². The van der Waals surface area contributed by atoms with Crippen molar-refractivity contribution in [3.8, 4) is 17.2 Å². The Hall–Kier alpha value is -2.30. The van der Waals surface area contributed by atoms with Crippen molar-refractivity contribution in [2.75, 3.05) is 12.3 Å². The summed E-state index contributed by atoms with van der Waals surface area (Å²) in [5, 5.41) is 0. The molecule has 0 heterocycles. The zero-order chi connectivity index (χ0) is 15.2. The molecule has 112 valence electrons. The van der Waals surface area contributed by atoms with Crippen LogP contribution in [-0.2, 0) is 0 Å². The Labute approximate surface area is 122 Å². The van der Waals surface area contributed by atoms with E-state index in [1.807, 2.05) is 6.92 Å². The minimum atomic E-state index is -2.66. The number of nitrogens with two attached hydrogens (primary N) is 1. The summed E-state index contributed by atoms with van der Waals surface area (Å²) in [6.45, 7) is 2.52. The highest BCUT2D eigenvalue weighted by atomic mass is 19.3. The molecule has 2 aromatic rings. The van der Waals surface area contributed by atoms with Crippen LogP contribution in [0, 0.1) is 0 Å². The van der Waals surface area contributed by atoms with E-state index in [1.54, 1.807) is 24.3 Å². The Kier molecular flexibility index (Phi) is 4.98. The topological polar surface area (TPSA) is 44.5 Å². The van der Waals surface area contributed by atoms with Crippen LogP contribution in [0.3, 0.4) is 0 Å². The number of para-hydroxylation sites is 2. The lowest BCUT2D eigenvalue weighted by atomic mass is 10.2. The summed E-state index contributed by atoms with van der Waals surface area (Å²) in [4.78, 5) is 0. The first-order valence-electron chi connectivity index (χ1n) is 6.69. The lowest BCUT2D eigenvalue weighted by Gasteiger charge is -2.14. The van der Waals surface area contributed by atoms with E-state index in [4.69, 9.17) is 15.2 Å². The molecule has 0 unspecified atom stereocenters. The monoisotopic (exact) mass is 293 g/mol. The van der Waals surface area contributed by atoms with Crippen LogP contribution in [0.5, 0.6) is 17.2 Å². The standard InChI is InChI=1S/C16H17F2NO2/c1-2-9-20-14-5-3-4-6-15(14)21-13-8-7-11(19)10-12(13)16(17)18/h3-8,10,16H,2,9,19H2,1H3. The minimum absolute atomic E-state index is 0.0757. The van der Waals surface area contributed by atoms with E-state index in [0.29, 0.717) is 18.1 Å². The molecule has 3 nitrogen and oxygen atoms in total.